The van der Waals surface area contributed by atoms with E-state index in [2.05, 4.69) is 15.3 Å². The Balaban J connectivity index is 1.69. The summed E-state index contributed by atoms with van der Waals surface area (Å²) in [6, 6.07) is 3.36. The van der Waals surface area contributed by atoms with E-state index >= 15 is 0 Å². The molecule has 4 rings (SSSR count). The molecule has 10 heteroatoms. The molecule has 0 spiro atoms. The Hall–Kier alpha value is -3.14. The normalized spacial score (nSPS) is 20.9. The predicted octanol–water partition coefficient (Wildman–Crippen LogP) is 4.20. The number of rotatable bonds is 6. The number of carbonyl (C=O) groups is 1. The molecule has 1 saturated heterocycles. The maximum absolute atomic E-state index is 14.7. The molecule has 0 bridgehead atoms. The lowest BCUT2D eigenvalue weighted by atomic mass is 9.88. The molecule has 2 aliphatic heterocycles. The first-order chi connectivity index (χ1) is 16.2. The fourth-order valence-corrected chi connectivity index (χ4v) is 4.73. The Morgan fingerprint density at radius 2 is 2.00 bits per heavy atom. The van der Waals surface area contributed by atoms with Crippen molar-refractivity contribution in [3.05, 3.63) is 52.6 Å². The van der Waals surface area contributed by atoms with Crippen molar-refractivity contribution in [2.75, 3.05) is 44.0 Å². The van der Waals surface area contributed by atoms with Crippen LogP contribution in [0.3, 0.4) is 0 Å². The van der Waals surface area contributed by atoms with Crippen LogP contribution < -0.4 is 10.2 Å². The zero-order valence-corrected chi connectivity index (χ0v) is 19.6. The molecule has 7 nitrogen and oxygen atoms in total. The van der Waals surface area contributed by atoms with Gasteiger partial charge in [0.15, 0.2) is 0 Å². The highest BCUT2D eigenvalue weighted by atomic mass is 19.3. The molecule has 182 valence electrons. The minimum absolute atomic E-state index is 0.00309. The number of carbonyl (C=O) groups excluding carboxylic acids is 1. The van der Waals surface area contributed by atoms with Crippen molar-refractivity contribution in [3.63, 3.8) is 0 Å². The van der Waals surface area contributed by atoms with Gasteiger partial charge >= 0.3 is 0 Å². The third-order valence-corrected chi connectivity index (χ3v) is 6.72. The molecule has 0 saturated carbocycles. The van der Waals surface area contributed by atoms with Crippen LogP contribution in [0.1, 0.15) is 49.4 Å². The van der Waals surface area contributed by atoms with Gasteiger partial charge in [0, 0.05) is 39.7 Å². The lowest BCUT2D eigenvalue weighted by Crippen LogP contribution is -2.43. The van der Waals surface area contributed by atoms with Crippen molar-refractivity contribution >= 4 is 23.6 Å². The van der Waals surface area contributed by atoms with Crippen LogP contribution in [0.2, 0.25) is 0 Å². The minimum atomic E-state index is -2.90. The van der Waals surface area contributed by atoms with E-state index < -0.39 is 29.4 Å². The third kappa shape index (κ3) is 4.22. The molecule has 1 aromatic heterocycles. The zero-order chi connectivity index (χ0) is 24.6. The van der Waals surface area contributed by atoms with Gasteiger partial charge in [-0.3, -0.25) is 4.79 Å². The SMILES string of the molecule is COC1(C2=Cc3c(N[C@H](C)c4cccc(C(F)F)c4F)ncnc3N(C)C2)CCN(C(C)=O)C1. The number of likely N-dealkylation sites (N-methyl/N-ethyl adjacent to an activating group) is 1. The molecule has 1 amide bonds. The Morgan fingerprint density at radius 3 is 2.65 bits per heavy atom. The monoisotopic (exact) mass is 475 g/mol. The molecule has 1 fully saturated rings. The maximum Gasteiger partial charge on any atom is 0.266 e. The largest absolute Gasteiger partial charge is 0.372 e. The minimum Gasteiger partial charge on any atom is -0.372 e. The number of aromatic nitrogens is 2. The standard InChI is InChI=1S/C24H28F3N5O2/c1-14(17-6-5-7-18(20(17)25)21(26)27)30-22-19-10-16(11-31(3)23(19)29-13-28-22)24(34-4)8-9-32(12-24)15(2)33/h5-7,10,13-14,21H,8-9,11-12H2,1-4H3,(H,28,29,30)/t14-,24?/m1/s1. The fraction of sp³-hybridized carbons (Fsp3) is 0.458. The van der Waals surface area contributed by atoms with Crippen LogP contribution in [0, 0.1) is 5.82 Å². The second-order valence-corrected chi connectivity index (χ2v) is 8.79. The van der Waals surface area contributed by atoms with Gasteiger partial charge in [0.05, 0.1) is 23.7 Å². The van der Waals surface area contributed by atoms with E-state index in [4.69, 9.17) is 4.74 Å². The van der Waals surface area contributed by atoms with E-state index in [9.17, 15) is 18.0 Å². The van der Waals surface area contributed by atoms with Crippen molar-refractivity contribution in [3.8, 4) is 0 Å². The van der Waals surface area contributed by atoms with Gasteiger partial charge < -0.3 is 19.9 Å². The summed E-state index contributed by atoms with van der Waals surface area (Å²) in [6.45, 7) is 4.85. The fourth-order valence-electron chi connectivity index (χ4n) is 4.73. The number of anilines is 2. The highest BCUT2D eigenvalue weighted by molar-refractivity contribution is 5.80. The van der Waals surface area contributed by atoms with Gasteiger partial charge in [0.1, 0.15) is 29.4 Å². The summed E-state index contributed by atoms with van der Waals surface area (Å²) < 4.78 is 47.0. The van der Waals surface area contributed by atoms with Crippen LogP contribution in [-0.2, 0) is 9.53 Å². The summed E-state index contributed by atoms with van der Waals surface area (Å²) >= 11 is 0. The summed E-state index contributed by atoms with van der Waals surface area (Å²) in [5, 5.41) is 3.17. The van der Waals surface area contributed by atoms with Crippen LogP contribution in [0.15, 0.2) is 30.1 Å². The topological polar surface area (TPSA) is 70.6 Å². The van der Waals surface area contributed by atoms with Crippen LogP contribution in [0.5, 0.6) is 0 Å². The highest BCUT2D eigenvalue weighted by Gasteiger charge is 2.44. The number of alkyl halides is 2. The summed E-state index contributed by atoms with van der Waals surface area (Å²) in [7, 11) is 3.54. The Bertz CT molecular complexity index is 1130. The number of halogens is 3. The zero-order valence-electron chi connectivity index (χ0n) is 19.6. The molecule has 1 unspecified atom stereocenters. The van der Waals surface area contributed by atoms with Crippen molar-refractivity contribution in [2.24, 2.45) is 0 Å². The maximum atomic E-state index is 14.7. The molecule has 1 N–H and O–H groups in total. The number of fused-ring (bicyclic) bond motifs is 1. The number of hydrogen-bond donors (Lipinski definition) is 1. The summed E-state index contributed by atoms with van der Waals surface area (Å²) in [6.07, 6.45) is 1.14. The Morgan fingerprint density at radius 1 is 1.26 bits per heavy atom. The molecule has 0 radical (unpaired) electrons. The molecule has 3 heterocycles. The summed E-state index contributed by atoms with van der Waals surface area (Å²) in [5.74, 6) is 0.207. The van der Waals surface area contributed by atoms with Gasteiger partial charge in [-0.2, -0.15) is 0 Å². The number of nitrogens with zero attached hydrogens (tertiary/aromatic N) is 4. The second-order valence-electron chi connectivity index (χ2n) is 8.79. The first-order valence-electron chi connectivity index (χ1n) is 11.1. The van der Waals surface area contributed by atoms with Crippen LogP contribution in [0.25, 0.3) is 6.08 Å². The average Bonchev–Trinajstić information content (AvgIpc) is 3.26. The van der Waals surface area contributed by atoms with Gasteiger partial charge in [-0.15, -0.1) is 0 Å². The number of nitrogens with one attached hydrogen (secondary N) is 1. The van der Waals surface area contributed by atoms with Gasteiger partial charge in [0.2, 0.25) is 5.91 Å². The third-order valence-electron chi connectivity index (χ3n) is 6.72. The molecule has 0 aliphatic carbocycles. The molecule has 1 aromatic carbocycles. The number of likely N-dealkylation sites (tertiary alicyclic amines) is 1. The van der Waals surface area contributed by atoms with Crippen molar-refractivity contribution in [1.82, 2.24) is 14.9 Å². The van der Waals surface area contributed by atoms with E-state index in [0.29, 0.717) is 43.3 Å². The number of amides is 1. The molecule has 2 aliphatic rings. The molecule has 2 atom stereocenters. The van der Waals surface area contributed by atoms with Crippen molar-refractivity contribution in [1.29, 1.82) is 0 Å². The second kappa shape index (κ2) is 9.25. The van der Waals surface area contributed by atoms with Crippen molar-refractivity contribution in [2.45, 2.75) is 38.3 Å². The number of methoxy groups -OCH3 is 1. The molecule has 2 aromatic rings. The van der Waals surface area contributed by atoms with E-state index in [1.807, 2.05) is 18.0 Å². The van der Waals surface area contributed by atoms with E-state index in [0.717, 1.165) is 11.6 Å². The van der Waals surface area contributed by atoms with Gasteiger partial charge in [-0.1, -0.05) is 18.2 Å². The van der Waals surface area contributed by atoms with Gasteiger partial charge in [-0.25, -0.2) is 23.1 Å². The van der Waals surface area contributed by atoms with Crippen LogP contribution in [-0.4, -0.2) is 60.2 Å². The number of hydrogen-bond acceptors (Lipinski definition) is 6. The van der Waals surface area contributed by atoms with E-state index in [1.165, 1.54) is 18.5 Å². The molecular weight excluding hydrogens is 447 g/mol. The van der Waals surface area contributed by atoms with Crippen LogP contribution in [0.4, 0.5) is 24.8 Å². The average molecular weight is 476 g/mol. The lowest BCUT2D eigenvalue weighted by molar-refractivity contribution is -0.128. The number of benzene rings is 1. The Labute approximate surface area is 196 Å². The molecule has 34 heavy (non-hydrogen) atoms. The first-order valence-corrected chi connectivity index (χ1v) is 11.1. The molecular formula is C24H28F3N5O2. The Kier molecular flexibility index (Phi) is 6.53. The summed E-state index contributed by atoms with van der Waals surface area (Å²) in [4.78, 5) is 24.4. The van der Waals surface area contributed by atoms with E-state index in [-0.39, 0.29) is 11.5 Å². The number of ether oxygens (including phenoxy) is 1. The highest BCUT2D eigenvalue weighted by Crippen LogP contribution is 2.40. The quantitative estimate of drug-likeness (QED) is 0.676. The predicted molar refractivity (Wildman–Crippen MR) is 123 cm³/mol. The van der Waals surface area contributed by atoms with Gasteiger partial charge in [0.25, 0.3) is 6.43 Å². The first kappa shape index (κ1) is 24.0. The summed E-state index contributed by atoms with van der Waals surface area (Å²) in [5.41, 5.74) is 0.538. The van der Waals surface area contributed by atoms with Crippen LogP contribution >= 0.6 is 0 Å². The van der Waals surface area contributed by atoms with E-state index in [1.54, 1.807) is 25.9 Å². The lowest BCUT2D eigenvalue weighted by Gasteiger charge is -2.37. The smallest absolute Gasteiger partial charge is 0.266 e. The van der Waals surface area contributed by atoms with Gasteiger partial charge in [-0.05, 0) is 25.0 Å². The van der Waals surface area contributed by atoms with Crippen molar-refractivity contribution < 1.29 is 22.7 Å².